The summed E-state index contributed by atoms with van der Waals surface area (Å²) in [5, 5.41) is 2.89. The quantitative estimate of drug-likeness (QED) is 0.0690. The van der Waals surface area contributed by atoms with Crippen LogP contribution in [0.25, 0.3) is 21.5 Å². The van der Waals surface area contributed by atoms with Crippen molar-refractivity contribution >= 4 is 88.7 Å². The van der Waals surface area contributed by atoms with E-state index in [1.54, 1.807) is 36.0 Å². The van der Waals surface area contributed by atoms with E-state index in [1.807, 2.05) is 74.5 Å². The van der Waals surface area contributed by atoms with Crippen molar-refractivity contribution in [2.24, 2.45) is 69.0 Å². The van der Waals surface area contributed by atoms with Crippen LogP contribution < -0.4 is 37.9 Å². The molecule has 28 heteroatoms. The lowest BCUT2D eigenvalue weighted by Crippen LogP contribution is -2.48. The number of allylic oxidation sites excluding steroid dienone is 4. The van der Waals surface area contributed by atoms with E-state index in [0.717, 1.165) is 62.1 Å². The van der Waals surface area contributed by atoms with Crippen molar-refractivity contribution in [2.45, 2.75) is 230 Å². The number of amides is 4. The van der Waals surface area contributed by atoms with E-state index in [1.165, 1.54) is 0 Å². The third-order valence-electron chi connectivity index (χ3n) is 27.1. The molecule has 2 N–H and O–H groups in total. The van der Waals surface area contributed by atoms with Crippen LogP contribution in [0.1, 0.15) is 197 Å². The molecule has 0 radical (unpaired) electrons. The molecule has 2 aromatic heterocycles. The fourth-order valence-corrected chi connectivity index (χ4v) is 20.5. The predicted molar refractivity (Wildman–Crippen MR) is 420 cm³/mol. The van der Waals surface area contributed by atoms with Crippen molar-refractivity contribution in [3.8, 4) is 34.8 Å². The van der Waals surface area contributed by atoms with Crippen LogP contribution in [0.5, 0.6) is 34.8 Å². The van der Waals surface area contributed by atoms with Gasteiger partial charge in [-0.1, -0.05) is 65.8 Å². The fraction of sp³-hybridized carbons (Fsp3) is 0.651. The second-order valence-electron chi connectivity index (χ2n) is 36.8. The highest BCUT2D eigenvalue weighted by Gasteiger charge is 2.65. The number of hydrogen-bond donors (Lipinski definition) is 2. The van der Waals surface area contributed by atoms with Crippen LogP contribution in [0, 0.1) is 69.0 Å². The zero-order valence-corrected chi connectivity index (χ0v) is 68.5. The zero-order chi connectivity index (χ0) is 80.7. The number of Topliss-reactive ketones (excluding diaryl/α,β-unsaturated/α-hetero) is 2. The Labute approximate surface area is 667 Å². The Morgan fingerprint density at radius 3 is 1.27 bits per heavy atom. The molecule has 8 fully saturated rings. The van der Waals surface area contributed by atoms with Gasteiger partial charge in [-0.3, -0.25) is 47.8 Å². The van der Waals surface area contributed by atoms with Crippen molar-refractivity contribution in [1.82, 2.24) is 29.2 Å². The van der Waals surface area contributed by atoms with Crippen molar-refractivity contribution in [1.29, 1.82) is 0 Å². The van der Waals surface area contributed by atoms with E-state index in [0.29, 0.717) is 137 Å². The smallest absolute Gasteiger partial charge is 0.306 e. The van der Waals surface area contributed by atoms with E-state index in [-0.39, 0.29) is 121 Å². The number of nitrogens with one attached hydrogen (secondary N) is 2. The molecule has 2 aromatic carbocycles. The van der Waals surface area contributed by atoms with Crippen LogP contribution in [-0.2, 0) is 67.9 Å². The number of benzene rings is 2. The molecule has 16 rings (SSSR count). The maximum atomic E-state index is 15.0. The number of ketones is 2. The Hall–Kier alpha value is -8.40. The van der Waals surface area contributed by atoms with E-state index in [4.69, 9.17) is 37.9 Å². The van der Waals surface area contributed by atoms with Crippen molar-refractivity contribution < 1.29 is 93.1 Å². The average molecular weight is 1610 g/mol. The minimum Gasteiger partial charge on any atom is -0.486 e. The highest BCUT2D eigenvalue weighted by molar-refractivity contribution is 7.92. The number of rotatable bonds is 18. The summed E-state index contributed by atoms with van der Waals surface area (Å²) in [6, 6.07) is 9.00. The van der Waals surface area contributed by atoms with E-state index in [2.05, 4.69) is 47.1 Å². The number of sulfonamides is 2. The van der Waals surface area contributed by atoms with Crippen molar-refractivity contribution in [3.63, 3.8) is 0 Å². The second-order valence-corrected chi connectivity index (χ2v) is 41.2. The van der Waals surface area contributed by atoms with Gasteiger partial charge in [-0.2, -0.15) is 0 Å². The molecule has 26 nitrogen and oxygen atoms in total. The van der Waals surface area contributed by atoms with Crippen LogP contribution in [0.3, 0.4) is 0 Å². The first-order valence-electron chi connectivity index (χ1n) is 41.3. The summed E-state index contributed by atoms with van der Waals surface area (Å²) in [6.45, 7) is 18.1. The van der Waals surface area contributed by atoms with Crippen molar-refractivity contribution in [2.75, 3.05) is 52.7 Å². The molecule has 0 spiro atoms. The largest absolute Gasteiger partial charge is 0.486 e. The maximum Gasteiger partial charge on any atom is 0.306 e. The number of pyridine rings is 2. The SMILES string of the molecule is C[C@@H]1CC/C=C\[C@@H]2C[C@@]2(C(=O)NS(=O)(=O)C2(C)CC2)CC(=O)[C@@H]2C[C@@H](Oc3nccc4c5c(ccc34)OCCO5)CN2C(=O)[C@@H](CC(=O)OCC2(C)CC2)[C@H](C)C1.C[C@H]1CC/C=C\[C@@H]2C[C@@]2(C(=O)NS(=O)(=O)C2(C)CC2)CC(=O)[C@@H]2C[C@@H](Oc3nccc4c5c(ccc34)OCCO5)CN2C(=O)[C@@H](CC(=O)OCC2(C)CC2)[C@H](C)C1. The van der Waals surface area contributed by atoms with Gasteiger partial charge in [0.25, 0.3) is 0 Å². The molecule has 4 amide bonds. The third kappa shape index (κ3) is 17.0. The molecular formula is C86H110N6O20S2. The van der Waals surface area contributed by atoms with Gasteiger partial charge in [0, 0.05) is 70.5 Å². The minimum absolute atomic E-state index is 0.0151. The predicted octanol–water partition coefficient (Wildman–Crippen LogP) is 11.4. The topological polar surface area (TPSA) is 335 Å². The summed E-state index contributed by atoms with van der Waals surface area (Å²) in [5.41, 5.74) is -2.56. The lowest BCUT2D eigenvalue weighted by molar-refractivity contribution is -0.153. The van der Waals surface area contributed by atoms with Gasteiger partial charge in [-0.05, 0) is 188 Å². The molecule has 12 aliphatic rings. The standard InChI is InChI=1S/2C43H55N3O10S/c2*1-26-7-5-6-8-28-22-43(28,40(50)45-57(51,52)42(4)14-15-42)23-34(47)33-20-29(56-38-31-9-10-35-37(54-18-17-53-35)30(31)11-16-44-38)24-46(33)39(49)32(27(2)19-26)21-36(48)55-25-41(3)12-13-41/h2*6,8-11,16,26-29,32-33H,5,7,12-15,17-25H2,1-4H3,(H,45,50)/b2*8-6-/t26-,27+,28+,29+,32-,33-,43+;26-,27-,28-,29-,32+,33+,43-/m01/s1. The Balaban J connectivity index is 0.000000180. The number of ether oxygens (including phenoxy) is 8. The Kier molecular flexibility index (Phi) is 22.1. The fourth-order valence-electron chi connectivity index (χ4n) is 17.9. The monoisotopic (exact) mass is 1610 g/mol. The highest BCUT2D eigenvalue weighted by atomic mass is 32.2. The molecule has 114 heavy (non-hydrogen) atoms. The average Bonchev–Trinajstić information content (AvgIpc) is 1.54. The van der Waals surface area contributed by atoms with E-state index in [9.17, 15) is 55.2 Å². The van der Waals surface area contributed by atoms with Gasteiger partial charge in [0.1, 0.15) is 38.6 Å². The number of carbonyl (C=O) groups is 8. The summed E-state index contributed by atoms with van der Waals surface area (Å²) < 4.78 is 104. The molecule has 8 heterocycles. The molecule has 0 bridgehead atoms. The zero-order valence-electron chi connectivity index (χ0n) is 66.8. The number of aromatic nitrogens is 2. The molecule has 2 saturated heterocycles. The summed E-state index contributed by atoms with van der Waals surface area (Å²) in [7, 11) is -7.91. The van der Waals surface area contributed by atoms with Gasteiger partial charge in [0.15, 0.2) is 34.6 Å². The lowest BCUT2D eigenvalue weighted by Gasteiger charge is -2.32. The van der Waals surface area contributed by atoms with Crippen LogP contribution >= 0.6 is 0 Å². The van der Waals surface area contributed by atoms with E-state index < -0.39 is 100 Å². The number of nitrogens with zero attached hydrogens (tertiary/aromatic N) is 4. The minimum atomic E-state index is -3.95. The van der Waals surface area contributed by atoms with Crippen LogP contribution in [0.15, 0.2) is 73.1 Å². The Morgan fingerprint density at radius 2 is 0.895 bits per heavy atom. The van der Waals surface area contributed by atoms with Crippen LogP contribution in [0.4, 0.5) is 0 Å². The van der Waals surface area contributed by atoms with Gasteiger partial charge in [0.05, 0.1) is 83.4 Å². The molecule has 0 unspecified atom stereocenters. The molecular weight excluding hydrogens is 1500 g/mol. The molecule has 6 aliphatic carbocycles. The van der Waals surface area contributed by atoms with Crippen molar-refractivity contribution in [3.05, 3.63) is 73.1 Å². The Bertz CT molecular complexity index is 4480. The van der Waals surface area contributed by atoms with Gasteiger partial charge in [0.2, 0.25) is 55.4 Å². The first-order chi connectivity index (χ1) is 54.2. The third-order valence-corrected chi connectivity index (χ3v) is 31.4. The molecule has 616 valence electrons. The molecule has 4 aromatic rings. The normalized spacial score (nSPS) is 32.2. The first-order valence-corrected chi connectivity index (χ1v) is 44.3. The summed E-state index contributed by atoms with van der Waals surface area (Å²) in [6.07, 6.45) is 20.4. The number of esters is 2. The van der Waals surface area contributed by atoms with Gasteiger partial charge in [-0.15, -0.1) is 0 Å². The first kappa shape index (κ1) is 80.8. The van der Waals surface area contributed by atoms with Crippen LogP contribution in [-0.4, -0.2) is 170 Å². The molecule has 6 saturated carbocycles. The Morgan fingerprint density at radius 1 is 0.509 bits per heavy atom. The second kappa shape index (κ2) is 31.2. The van der Waals surface area contributed by atoms with Gasteiger partial charge in [-0.25, -0.2) is 26.8 Å². The number of carbonyl (C=O) groups excluding carboxylic acids is 8. The summed E-state index contributed by atoms with van der Waals surface area (Å²) in [5.74, 6) is -2.64. The summed E-state index contributed by atoms with van der Waals surface area (Å²) in [4.78, 5) is 126. The summed E-state index contributed by atoms with van der Waals surface area (Å²) >= 11 is 0. The lowest BCUT2D eigenvalue weighted by atomic mass is 9.82. The maximum absolute atomic E-state index is 15.0. The number of fused-ring (bicyclic) bond motifs is 10. The van der Waals surface area contributed by atoms with Crippen LogP contribution in [0.2, 0.25) is 0 Å². The number of hydrogen-bond acceptors (Lipinski definition) is 22. The van der Waals surface area contributed by atoms with Gasteiger partial charge >= 0.3 is 11.9 Å². The van der Waals surface area contributed by atoms with E-state index >= 15 is 0 Å². The molecule has 6 aliphatic heterocycles. The molecule has 14 atom stereocenters. The highest BCUT2D eigenvalue weighted by Crippen LogP contribution is 2.60. The van der Waals surface area contributed by atoms with Gasteiger partial charge < -0.3 is 47.7 Å².